The molecule has 0 unspecified atom stereocenters. The summed E-state index contributed by atoms with van der Waals surface area (Å²) in [5, 5.41) is 6.69. The molecule has 1 fully saturated rings. The number of hydrogen-bond acceptors (Lipinski definition) is 5. The summed E-state index contributed by atoms with van der Waals surface area (Å²) >= 11 is 0. The number of methoxy groups -OCH3 is 1. The van der Waals surface area contributed by atoms with Crippen LogP contribution in [0.2, 0.25) is 0 Å². The summed E-state index contributed by atoms with van der Waals surface area (Å²) in [7, 11) is 3.43. The predicted octanol–water partition coefficient (Wildman–Crippen LogP) is 1.35. The van der Waals surface area contributed by atoms with Crippen LogP contribution in [0.25, 0.3) is 0 Å². The average Bonchev–Trinajstić information content (AvgIpc) is 2.68. The summed E-state index contributed by atoms with van der Waals surface area (Å²) in [5.74, 6) is 2.36. The number of aliphatic imine (C=N–C) groups is 1. The van der Waals surface area contributed by atoms with E-state index in [0.717, 1.165) is 50.3 Å². The number of hydrogen-bond donors (Lipinski definition) is 2. The van der Waals surface area contributed by atoms with Gasteiger partial charge in [-0.05, 0) is 26.0 Å². The Balaban J connectivity index is 1.70. The Morgan fingerprint density at radius 2 is 1.96 bits per heavy atom. The molecular weight excluding hydrogens is 332 g/mol. The second kappa shape index (κ2) is 10.2. The molecule has 1 aromatic rings. The number of benzene rings is 1. The van der Waals surface area contributed by atoms with Gasteiger partial charge in [0, 0.05) is 38.3 Å². The topological polar surface area (TPSA) is 67.4 Å². The van der Waals surface area contributed by atoms with E-state index in [2.05, 4.69) is 34.4 Å². The minimum atomic E-state index is 0.0402. The van der Waals surface area contributed by atoms with Crippen molar-refractivity contribution < 1.29 is 14.2 Å². The van der Waals surface area contributed by atoms with Crippen LogP contribution in [-0.2, 0) is 4.74 Å². The molecule has 0 bridgehead atoms. The van der Waals surface area contributed by atoms with Gasteiger partial charge in [0.15, 0.2) is 5.96 Å². The molecule has 1 aliphatic rings. The van der Waals surface area contributed by atoms with Crippen molar-refractivity contribution in [1.29, 1.82) is 0 Å². The van der Waals surface area contributed by atoms with E-state index >= 15 is 0 Å². The van der Waals surface area contributed by atoms with Crippen molar-refractivity contribution in [1.82, 2.24) is 15.5 Å². The van der Waals surface area contributed by atoms with Crippen LogP contribution in [0.15, 0.2) is 29.3 Å². The molecule has 2 N–H and O–H groups in total. The van der Waals surface area contributed by atoms with Gasteiger partial charge in [0.05, 0.1) is 26.9 Å². The lowest BCUT2D eigenvalue weighted by Gasteiger charge is -2.41. The van der Waals surface area contributed by atoms with Crippen LogP contribution in [-0.4, -0.2) is 76.6 Å². The summed E-state index contributed by atoms with van der Waals surface area (Å²) in [6, 6.07) is 7.60. The van der Waals surface area contributed by atoms with Crippen LogP contribution < -0.4 is 20.1 Å². The smallest absolute Gasteiger partial charge is 0.191 e. The number of ether oxygens (including phenoxy) is 3. The molecule has 0 aliphatic carbocycles. The first-order valence-electron chi connectivity index (χ1n) is 9.09. The van der Waals surface area contributed by atoms with Gasteiger partial charge in [-0.2, -0.15) is 0 Å². The van der Waals surface area contributed by atoms with Gasteiger partial charge in [-0.3, -0.25) is 9.89 Å². The zero-order chi connectivity index (χ0) is 18.8. The Morgan fingerprint density at radius 1 is 1.23 bits per heavy atom. The highest BCUT2D eigenvalue weighted by Crippen LogP contribution is 2.18. The van der Waals surface area contributed by atoms with E-state index in [4.69, 9.17) is 14.2 Å². The lowest BCUT2D eigenvalue weighted by molar-refractivity contribution is -0.00834. The molecule has 146 valence electrons. The Hall–Kier alpha value is -1.99. The maximum absolute atomic E-state index is 5.74. The quantitative estimate of drug-likeness (QED) is 0.412. The molecule has 0 saturated carbocycles. The predicted molar refractivity (Wildman–Crippen MR) is 104 cm³/mol. The molecule has 7 nitrogen and oxygen atoms in total. The molecule has 1 aromatic carbocycles. The van der Waals surface area contributed by atoms with E-state index in [9.17, 15) is 0 Å². The molecular formula is C19H32N4O3. The molecule has 0 atom stereocenters. The van der Waals surface area contributed by atoms with Crippen molar-refractivity contribution in [3.63, 3.8) is 0 Å². The van der Waals surface area contributed by atoms with Crippen LogP contribution in [0.1, 0.15) is 13.8 Å². The lowest BCUT2D eigenvalue weighted by atomic mass is 10.0. The highest BCUT2D eigenvalue weighted by Gasteiger charge is 2.28. The Kier molecular flexibility index (Phi) is 8.00. The first-order chi connectivity index (χ1) is 12.5. The number of morpholine rings is 1. The van der Waals surface area contributed by atoms with Crippen molar-refractivity contribution in [3.8, 4) is 11.5 Å². The van der Waals surface area contributed by atoms with Crippen molar-refractivity contribution >= 4 is 5.96 Å². The molecule has 1 heterocycles. The number of nitrogens with zero attached hydrogens (tertiary/aromatic N) is 2. The molecule has 26 heavy (non-hydrogen) atoms. The average molecular weight is 364 g/mol. The number of nitrogens with one attached hydrogen (secondary N) is 2. The first-order valence-corrected chi connectivity index (χ1v) is 9.09. The molecule has 1 saturated heterocycles. The third-order valence-corrected chi connectivity index (χ3v) is 4.48. The third-order valence-electron chi connectivity index (χ3n) is 4.48. The van der Waals surface area contributed by atoms with Crippen LogP contribution >= 0.6 is 0 Å². The molecule has 0 radical (unpaired) electrons. The summed E-state index contributed by atoms with van der Waals surface area (Å²) < 4.78 is 16.4. The molecule has 0 spiro atoms. The maximum atomic E-state index is 5.74. The Morgan fingerprint density at radius 3 is 2.65 bits per heavy atom. The second-order valence-electron chi connectivity index (χ2n) is 6.79. The molecule has 2 rings (SSSR count). The Bertz CT molecular complexity index is 572. The maximum Gasteiger partial charge on any atom is 0.191 e. The lowest BCUT2D eigenvalue weighted by Crippen LogP contribution is -2.56. The van der Waals surface area contributed by atoms with Crippen molar-refractivity contribution in [2.75, 3.05) is 60.2 Å². The van der Waals surface area contributed by atoms with Crippen molar-refractivity contribution in [2.24, 2.45) is 4.99 Å². The van der Waals surface area contributed by atoms with E-state index in [0.29, 0.717) is 13.2 Å². The molecule has 1 aliphatic heterocycles. The minimum absolute atomic E-state index is 0.0402. The summed E-state index contributed by atoms with van der Waals surface area (Å²) in [6.07, 6.45) is 0. The van der Waals surface area contributed by atoms with E-state index in [1.807, 2.05) is 24.3 Å². The van der Waals surface area contributed by atoms with Crippen molar-refractivity contribution in [2.45, 2.75) is 19.4 Å². The number of guanidine groups is 1. The van der Waals surface area contributed by atoms with E-state index in [1.165, 1.54) is 0 Å². The monoisotopic (exact) mass is 364 g/mol. The molecule has 7 heteroatoms. The fourth-order valence-electron chi connectivity index (χ4n) is 2.83. The zero-order valence-electron chi connectivity index (χ0n) is 16.4. The highest BCUT2D eigenvalue weighted by molar-refractivity contribution is 5.79. The van der Waals surface area contributed by atoms with Gasteiger partial charge >= 0.3 is 0 Å². The largest absolute Gasteiger partial charge is 0.497 e. The van der Waals surface area contributed by atoms with E-state index in [1.54, 1.807) is 14.2 Å². The molecule has 0 aromatic heterocycles. The van der Waals surface area contributed by atoms with Gasteiger partial charge in [-0.15, -0.1) is 0 Å². The van der Waals surface area contributed by atoms with Gasteiger partial charge in [-0.25, -0.2) is 0 Å². The standard InChI is InChI=1S/C19H32N4O3/c1-19(2,23-9-12-25-13-10-23)15-22-18(20-3)21-8-11-26-17-7-5-6-16(14-17)24-4/h5-7,14H,8-13,15H2,1-4H3,(H2,20,21,22). The molecule has 0 amide bonds. The van der Waals surface area contributed by atoms with Crippen molar-refractivity contribution in [3.05, 3.63) is 24.3 Å². The third kappa shape index (κ3) is 6.38. The van der Waals surface area contributed by atoms with E-state index < -0.39 is 0 Å². The first kappa shape index (κ1) is 20.3. The SMILES string of the molecule is CN=C(NCCOc1cccc(OC)c1)NCC(C)(C)N1CCOCC1. The fraction of sp³-hybridized carbons (Fsp3) is 0.632. The summed E-state index contributed by atoms with van der Waals surface area (Å²) in [4.78, 5) is 6.73. The van der Waals surface area contributed by atoms with Gasteiger partial charge in [-0.1, -0.05) is 6.07 Å². The van der Waals surface area contributed by atoms with Gasteiger partial charge in [0.1, 0.15) is 18.1 Å². The highest BCUT2D eigenvalue weighted by atomic mass is 16.5. The summed E-state index contributed by atoms with van der Waals surface area (Å²) in [5.41, 5.74) is 0.0402. The van der Waals surface area contributed by atoms with Gasteiger partial charge in [0.2, 0.25) is 0 Å². The number of rotatable bonds is 8. The minimum Gasteiger partial charge on any atom is -0.497 e. The van der Waals surface area contributed by atoms with Crippen LogP contribution in [0.5, 0.6) is 11.5 Å². The second-order valence-corrected chi connectivity index (χ2v) is 6.79. The normalized spacial score (nSPS) is 16.2. The van der Waals surface area contributed by atoms with Gasteiger partial charge in [0.25, 0.3) is 0 Å². The Labute approximate surface area is 156 Å². The van der Waals surface area contributed by atoms with E-state index in [-0.39, 0.29) is 5.54 Å². The zero-order valence-corrected chi connectivity index (χ0v) is 16.4. The van der Waals surface area contributed by atoms with Crippen LogP contribution in [0.4, 0.5) is 0 Å². The van der Waals surface area contributed by atoms with Crippen LogP contribution in [0, 0.1) is 0 Å². The van der Waals surface area contributed by atoms with Crippen LogP contribution in [0.3, 0.4) is 0 Å². The van der Waals surface area contributed by atoms with Gasteiger partial charge < -0.3 is 24.8 Å². The summed E-state index contributed by atoms with van der Waals surface area (Å²) in [6.45, 7) is 10.0. The fourth-order valence-corrected chi connectivity index (χ4v) is 2.83.